The molecule has 4 N–H and O–H groups in total. The van der Waals surface area contributed by atoms with Gasteiger partial charge in [0.15, 0.2) is 0 Å². The number of nitrogens with one attached hydrogen (secondary N) is 2. The van der Waals surface area contributed by atoms with Gasteiger partial charge >= 0.3 is 0 Å². The number of carbonyl (C=O) groups excluding carboxylic acids is 2. The fourth-order valence-electron chi connectivity index (χ4n) is 4.11. The molecule has 1 saturated heterocycles. The van der Waals surface area contributed by atoms with Crippen LogP contribution in [0.5, 0.6) is 0 Å². The number of anilines is 3. The van der Waals surface area contributed by atoms with Crippen LogP contribution in [-0.4, -0.2) is 24.9 Å². The molecule has 0 saturated carbocycles. The third-order valence-corrected chi connectivity index (χ3v) is 5.96. The van der Waals surface area contributed by atoms with Crippen molar-refractivity contribution in [1.82, 2.24) is 0 Å². The molecule has 2 amide bonds. The van der Waals surface area contributed by atoms with Crippen molar-refractivity contribution in [2.75, 3.05) is 28.6 Å². The maximum Gasteiger partial charge on any atom is 0.233 e. The summed E-state index contributed by atoms with van der Waals surface area (Å²) in [6.45, 7) is 1.67. The highest BCUT2D eigenvalue weighted by atomic mass is 16.2. The first-order chi connectivity index (χ1) is 16.1. The summed E-state index contributed by atoms with van der Waals surface area (Å²) in [4.78, 5) is 27.3. The Hall–Kier alpha value is -3.64. The zero-order valence-corrected chi connectivity index (χ0v) is 18.7. The van der Waals surface area contributed by atoms with Crippen molar-refractivity contribution in [1.29, 1.82) is 0 Å². The predicted octanol–water partition coefficient (Wildman–Crippen LogP) is 4.50. The zero-order valence-electron chi connectivity index (χ0n) is 18.7. The second-order valence-electron chi connectivity index (χ2n) is 8.29. The van der Waals surface area contributed by atoms with Crippen LogP contribution in [0.25, 0.3) is 0 Å². The van der Waals surface area contributed by atoms with Gasteiger partial charge in [-0.15, -0.1) is 0 Å². The van der Waals surface area contributed by atoms with Crippen molar-refractivity contribution in [3.05, 3.63) is 90.0 Å². The van der Waals surface area contributed by atoms with Crippen LogP contribution in [0.15, 0.2) is 78.9 Å². The molecule has 3 aromatic rings. The average Bonchev–Trinajstić information content (AvgIpc) is 2.86. The highest BCUT2D eigenvalue weighted by Crippen LogP contribution is 2.24. The van der Waals surface area contributed by atoms with E-state index in [4.69, 9.17) is 5.73 Å². The van der Waals surface area contributed by atoms with E-state index in [-0.39, 0.29) is 17.7 Å². The minimum Gasteiger partial charge on any atom is -0.384 e. The van der Waals surface area contributed by atoms with Crippen LogP contribution in [0.2, 0.25) is 0 Å². The van der Waals surface area contributed by atoms with Crippen LogP contribution in [-0.2, 0) is 16.1 Å². The number of hydrogen-bond acceptors (Lipinski definition) is 4. The number of amides is 2. The molecule has 0 aromatic heterocycles. The Morgan fingerprint density at radius 3 is 2.45 bits per heavy atom. The Kier molecular flexibility index (Phi) is 7.37. The lowest BCUT2D eigenvalue weighted by Gasteiger charge is -2.27. The highest BCUT2D eigenvalue weighted by Gasteiger charge is 2.22. The van der Waals surface area contributed by atoms with Gasteiger partial charge in [-0.05, 0) is 60.4 Å². The van der Waals surface area contributed by atoms with Crippen molar-refractivity contribution in [3.63, 3.8) is 0 Å². The van der Waals surface area contributed by atoms with Crippen molar-refractivity contribution >= 4 is 28.9 Å². The van der Waals surface area contributed by atoms with Crippen LogP contribution < -0.4 is 21.3 Å². The molecule has 0 bridgehead atoms. The smallest absolute Gasteiger partial charge is 0.233 e. The van der Waals surface area contributed by atoms with E-state index in [2.05, 4.69) is 10.6 Å². The van der Waals surface area contributed by atoms with Crippen molar-refractivity contribution in [2.45, 2.75) is 31.7 Å². The summed E-state index contributed by atoms with van der Waals surface area (Å²) >= 11 is 0. The fraction of sp³-hybridized carbons (Fsp3) is 0.259. The van der Waals surface area contributed by atoms with Crippen LogP contribution in [0.3, 0.4) is 0 Å². The van der Waals surface area contributed by atoms with Gasteiger partial charge in [-0.1, -0.05) is 42.5 Å². The Morgan fingerprint density at radius 2 is 1.73 bits per heavy atom. The van der Waals surface area contributed by atoms with Crippen LogP contribution >= 0.6 is 0 Å². The van der Waals surface area contributed by atoms with Gasteiger partial charge in [0.05, 0.1) is 5.92 Å². The Labute approximate surface area is 194 Å². The van der Waals surface area contributed by atoms with Gasteiger partial charge in [-0.25, -0.2) is 0 Å². The minimum absolute atomic E-state index is 0.0921. The molecule has 1 heterocycles. The first kappa shape index (κ1) is 22.6. The lowest BCUT2D eigenvalue weighted by molar-refractivity contribution is -0.119. The monoisotopic (exact) mass is 442 g/mol. The molecule has 1 aliphatic heterocycles. The van der Waals surface area contributed by atoms with E-state index >= 15 is 0 Å². The molecule has 1 atom stereocenters. The average molecular weight is 443 g/mol. The van der Waals surface area contributed by atoms with E-state index < -0.39 is 0 Å². The summed E-state index contributed by atoms with van der Waals surface area (Å²) in [6, 6.07) is 25.2. The largest absolute Gasteiger partial charge is 0.384 e. The Balaban J connectivity index is 1.46. The van der Waals surface area contributed by atoms with Crippen molar-refractivity contribution in [2.24, 2.45) is 5.73 Å². The molecule has 6 heteroatoms. The molecule has 0 spiro atoms. The van der Waals surface area contributed by atoms with Gasteiger partial charge in [0.1, 0.15) is 0 Å². The first-order valence-electron chi connectivity index (χ1n) is 11.4. The molecule has 33 heavy (non-hydrogen) atoms. The SMILES string of the molecule is NCc1cccc(NCC(C(=O)Nc2ccc(N3CCCCC3=O)cc2)c2ccccc2)c1. The Bertz CT molecular complexity index is 1080. The number of rotatable bonds is 8. The van der Waals surface area contributed by atoms with Gasteiger partial charge in [-0.3, -0.25) is 9.59 Å². The number of carbonyl (C=O) groups is 2. The third kappa shape index (κ3) is 5.79. The van der Waals surface area contributed by atoms with Gasteiger partial charge < -0.3 is 21.3 Å². The number of nitrogens with two attached hydrogens (primary N) is 1. The summed E-state index contributed by atoms with van der Waals surface area (Å²) in [5.74, 6) is -0.312. The van der Waals surface area contributed by atoms with E-state index in [1.165, 1.54) is 0 Å². The minimum atomic E-state index is -0.379. The molecule has 170 valence electrons. The molecule has 0 aliphatic carbocycles. The van der Waals surface area contributed by atoms with E-state index in [1.54, 1.807) is 0 Å². The molecular weight excluding hydrogens is 412 g/mol. The molecular formula is C27H30N4O2. The molecule has 1 aliphatic rings. The summed E-state index contributed by atoms with van der Waals surface area (Å²) in [6.07, 6.45) is 2.57. The number of nitrogens with zero attached hydrogens (tertiary/aromatic N) is 1. The second kappa shape index (κ2) is 10.8. The topological polar surface area (TPSA) is 87.5 Å². The quantitative estimate of drug-likeness (QED) is 0.479. The molecule has 6 nitrogen and oxygen atoms in total. The number of hydrogen-bond donors (Lipinski definition) is 3. The maximum atomic E-state index is 13.3. The first-order valence-corrected chi connectivity index (χ1v) is 11.4. The van der Waals surface area contributed by atoms with Gasteiger partial charge in [-0.2, -0.15) is 0 Å². The predicted molar refractivity (Wildman–Crippen MR) is 133 cm³/mol. The summed E-state index contributed by atoms with van der Waals surface area (Å²) in [5, 5.41) is 6.42. The highest BCUT2D eigenvalue weighted by molar-refractivity contribution is 5.97. The zero-order chi connectivity index (χ0) is 23.0. The third-order valence-electron chi connectivity index (χ3n) is 5.96. The Morgan fingerprint density at radius 1 is 0.939 bits per heavy atom. The van der Waals surface area contributed by atoms with Gasteiger partial charge in [0, 0.05) is 43.1 Å². The molecule has 3 aromatic carbocycles. The van der Waals surface area contributed by atoms with Crippen molar-refractivity contribution < 1.29 is 9.59 Å². The summed E-state index contributed by atoms with van der Waals surface area (Å²) < 4.78 is 0. The second-order valence-corrected chi connectivity index (χ2v) is 8.29. The maximum absolute atomic E-state index is 13.3. The lowest BCUT2D eigenvalue weighted by Crippen LogP contribution is -2.35. The molecule has 1 unspecified atom stereocenters. The van der Waals surface area contributed by atoms with Crippen LogP contribution in [0, 0.1) is 0 Å². The summed E-state index contributed by atoms with van der Waals surface area (Å²) in [7, 11) is 0. The van der Waals surface area contributed by atoms with Crippen LogP contribution in [0.4, 0.5) is 17.1 Å². The number of piperidine rings is 1. The lowest BCUT2D eigenvalue weighted by atomic mass is 9.97. The standard InChI is InChI=1S/C27H30N4O2/c28-18-20-7-6-10-23(17-20)29-19-25(21-8-2-1-3-9-21)27(33)30-22-12-14-24(15-13-22)31-16-5-4-11-26(31)32/h1-3,6-10,12-15,17,25,29H,4-5,11,16,18-19,28H2,(H,30,33). The van der Waals surface area contributed by atoms with E-state index in [0.29, 0.717) is 25.2 Å². The van der Waals surface area contributed by atoms with Gasteiger partial charge in [0.25, 0.3) is 0 Å². The van der Waals surface area contributed by atoms with E-state index in [1.807, 2.05) is 83.8 Å². The number of benzene rings is 3. The fourth-order valence-corrected chi connectivity index (χ4v) is 4.11. The molecule has 0 radical (unpaired) electrons. The van der Waals surface area contributed by atoms with E-state index in [0.717, 1.165) is 41.9 Å². The van der Waals surface area contributed by atoms with Gasteiger partial charge in [0.2, 0.25) is 11.8 Å². The van der Waals surface area contributed by atoms with Crippen LogP contribution in [0.1, 0.15) is 36.3 Å². The normalized spacial score (nSPS) is 14.6. The van der Waals surface area contributed by atoms with Crippen molar-refractivity contribution in [3.8, 4) is 0 Å². The van der Waals surface area contributed by atoms with E-state index in [9.17, 15) is 9.59 Å². The summed E-state index contributed by atoms with van der Waals surface area (Å²) in [5.41, 5.74) is 10.2. The molecule has 4 rings (SSSR count). The molecule has 1 fully saturated rings.